The molecule has 13 rings (SSSR count). The molecule has 0 N–H and O–H groups in total. The number of nitrogens with zero attached hydrogens (tertiary/aromatic N) is 3. The van der Waals surface area contributed by atoms with Crippen molar-refractivity contribution >= 4 is 11.0 Å². The fourth-order valence-corrected chi connectivity index (χ4v) is 8.17. The zero-order valence-electron chi connectivity index (χ0n) is 39.9. The molecule has 2 heterocycles. The van der Waals surface area contributed by atoms with Crippen LogP contribution in [0, 0.1) is 45.5 Å². The van der Waals surface area contributed by atoms with Crippen LogP contribution in [0.15, 0.2) is 158 Å². The maximum atomic E-state index is 13.3. The number of para-hydroxylation sites is 3. The van der Waals surface area contributed by atoms with Crippen LogP contribution in [0.4, 0.5) is 4.39 Å². The van der Waals surface area contributed by atoms with Gasteiger partial charge in [-0.15, -0.1) is 65.7 Å². The van der Waals surface area contributed by atoms with Gasteiger partial charge in [0.1, 0.15) is 0 Å². The Morgan fingerprint density at radius 2 is 1.34 bits per heavy atom. The van der Waals surface area contributed by atoms with Crippen molar-refractivity contribution in [1.82, 2.24) is 14.5 Å². The van der Waals surface area contributed by atoms with E-state index in [1.54, 1.807) is 30.3 Å². The van der Waals surface area contributed by atoms with E-state index in [2.05, 4.69) is 102 Å². The minimum Gasteiger partial charge on any atom is -0.333 e. The zero-order valence-corrected chi connectivity index (χ0v) is 36.3. The Labute approximate surface area is 380 Å². The van der Waals surface area contributed by atoms with Gasteiger partial charge in [0, 0.05) is 46.0 Å². The predicted octanol–water partition coefficient (Wildman–Crippen LogP) is 13.6. The molecule has 2 aromatic heterocycles. The summed E-state index contributed by atoms with van der Waals surface area (Å²) in [5.74, 6) is 0.474. The number of benzene rings is 7. The number of halogens is 1. The normalized spacial score (nSPS) is 13.8. The molecule has 303 valence electrons. The smallest absolute Gasteiger partial charge is 0.0774 e. The van der Waals surface area contributed by atoms with Crippen LogP contribution in [-0.4, -0.2) is 14.5 Å². The fraction of sp³-hybridized carbons (Fsp3) is 0.143. The van der Waals surface area contributed by atoms with E-state index in [1.807, 2.05) is 42.5 Å². The van der Waals surface area contributed by atoms with Crippen LogP contribution >= 0.6 is 0 Å². The van der Waals surface area contributed by atoms with Crippen molar-refractivity contribution in [1.29, 1.82) is 0 Å². The summed E-state index contributed by atoms with van der Waals surface area (Å²) in [5.41, 5.74) is 15.0. The Morgan fingerprint density at radius 1 is 0.607 bits per heavy atom. The Bertz CT molecular complexity index is 3180. The quantitative estimate of drug-likeness (QED) is 0.161. The number of pyridine rings is 1. The first-order valence-corrected chi connectivity index (χ1v) is 20.3. The van der Waals surface area contributed by atoms with E-state index < -0.39 is 13.7 Å². The van der Waals surface area contributed by atoms with E-state index in [4.69, 9.17) is 13.2 Å². The monoisotopic (exact) mass is 978 g/mol. The second-order valence-electron chi connectivity index (χ2n) is 15.4. The van der Waals surface area contributed by atoms with Gasteiger partial charge in [-0.2, -0.15) is 0 Å². The number of aromatic nitrogens is 3. The molecule has 1 radical (unpaired) electrons. The van der Waals surface area contributed by atoms with E-state index in [0.717, 1.165) is 70.5 Å². The average Bonchev–Trinajstić information content (AvgIpc) is 3.68. The summed E-state index contributed by atoms with van der Waals surface area (Å²) in [4.78, 5) is 9.19. The molecule has 0 saturated carbocycles. The first-order chi connectivity index (χ1) is 31.7. The molecule has 0 atom stereocenters. The van der Waals surface area contributed by atoms with Crippen molar-refractivity contribution in [2.75, 3.05) is 0 Å². The number of hydrogen-bond donors (Lipinski definition) is 0. The molecule has 0 saturated heterocycles. The molecule has 0 unspecified atom stereocenters. The van der Waals surface area contributed by atoms with Gasteiger partial charge in [0.25, 0.3) is 0 Å². The Morgan fingerprint density at radius 3 is 2.08 bits per heavy atom. The Kier molecular flexibility index (Phi) is 10.3. The minimum absolute atomic E-state index is 0. The minimum atomic E-state index is -2.48. The molecule has 7 aromatic carbocycles. The Balaban J connectivity index is 0.000000206. The third-order valence-corrected chi connectivity index (χ3v) is 11.3. The van der Waals surface area contributed by atoms with Gasteiger partial charge in [0.05, 0.1) is 16.9 Å². The van der Waals surface area contributed by atoms with Crippen LogP contribution in [0.1, 0.15) is 52.7 Å². The van der Waals surface area contributed by atoms with Crippen molar-refractivity contribution in [2.45, 2.75) is 53.2 Å². The van der Waals surface area contributed by atoms with E-state index in [1.165, 1.54) is 46.1 Å². The molecule has 5 heteroatoms. The second kappa shape index (κ2) is 18.2. The average molecular weight is 978 g/mol. The number of fused-ring (bicyclic) bond motifs is 1. The van der Waals surface area contributed by atoms with Crippen molar-refractivity contribution in [3.05, 3.63) is 220 Å². The third kappa shape index (κ3) is 8.82. The van der Waals surface area contributed by atoms with Crippen molar-refractivity contribution in [3.63, 3.8) is 0 Å². The van der Waals surface area contributed by atoms with E-state index in [0.29, 0.717) is 22.4 Å². The van der Waals surface area contributed by atoms with Crippen LogP contribution in [0.2, 0.25) is 0 Å². The van der Waals surface area contributed by atoms with Crippen LogP contribution in [0.25, 0.3) is 61.6 Å². The van der Waals surface area contributed by atoms with Crippen molar-refractivity contribution in [2.24, 2.45) is 0 Å². The van der Waals surface area contributed by atoms with Gasteiger partial charge in [-0.25, -0.2) is 0 Å². The zero-order chi connectivity index (χ0) is 46.2. The molecule has 0 amide bonds. The van der Waals surface area contributed by atoms with Gasteiger partial charge in [-0.3, -0.25) is 9.37 Å². The summed E-state index contributed by atoms with van der Waals surface area (Å²) >= 11 is 0. The summed E-state index contributed by atoms with van der Waals surface area (Å²) in [5, 5.41) is 0. The molecule has 3 nitrogen and oxygen atoms in total. The topological polar surface area (TPSA) is 30.7 Å². The molecular weight excluding hydrogens is 926 g/mol. The maximum Gasteiger partial charge on any atom is 0.0774 e. The molecule has 0 aliphatic heterocycles. The molecule has 9 aromatic rings. The molecular formula is C56H46FIrN3-2. The van der Waals surface area contributed by atoms with Gasteiger partial charge in [0.15, 0.2) is 0 Å². The maximum absolute atomic E-state index is 13.3. The molecule has 4 aliphatic carbocycles. The van der Waals surface area contributed by atoms with Crippen molar-refractivity contribution < 1.29 is 32.7 Å². The van der Waals surface area contributed by atoms with Crippen LogP contribution in [0.3, 0.4) is 0 Å². The van der Waals surface area contributed by atoms with E-state index in [9.17, 15) is 4.39 Å². The largest absolute Gasteiger partial charge is 0.333 e. The molecule has 0 fully saturated rings. The van der Waals surface area contributed by atoms with Gasteiger partial charge < -0.3 is 9.55 Å². The summed E-state index contributed by atoms with van der Waals surface area (Å²) in [7, 11) is 0. The molecule has 0 spiro atoms. The number of imidazole rings is 1. The fourth-order valence-electron chi connectivity index (χ4n) is 8.17. The second-order valence-corrected chi connectivity index (χ2v) is 15.4. The van der Waals surface area contributed by atoms with Crippen molar-refractivity contribution in [3.8, 4) is 50.6 Å². The van der Waals surface area contributed by atoms with E-state index in [-0.39, 0.29) is 37.0 Å². The molecule has 4 aliphatic rings. The van der Waals surface area contributed by atoms with Gasteiger partial charge >= 0.3 is 0 Å². The Hall–Kier alpha value is -6.26. The number of hydrogen-bond acceptors (Lipinski definition) is 2. The van der Waals surface area contributed by atoms with E-state index >= 15 is 0 Å². The van der Waals surface area contributed by atoms with Crippen LogP contribution in [-0.2, 0) is 45.8 Å². The third-order valence-electron chi connectivity index (χ3n) is 11.3. The predicted molar refractivity (Wildman–Crippen MR) is 245 cm³/mol. The van der Waals surface area contributed by atoms with Crippen LogP contribution < -0.4 is 0 Å². The summed E-state index contributed by atoms with van der Waals surface area (Å²) < 4.78 is 65.4. The van der Waals surface area contributed by atoms with Gasteiger partial charge in [-0.05, 0) is 138 Å². The summed E-state index contributed by atoms with van der Waals surface area (Å²) in [6, 6.07) is 54.6. The summed E-state index contributed by atoms with van der Waals surface area (Å²) in [6.45, 7) is -0.763. The number of aryl methyl sites for hydroxylation is 8. The van der Waals surface area contributed by atoms with Gasteiger partial charge in [0.2, 0.25) is 0 Å². The SMILES string of the molecule is Cc1cccc(C)c1-n1c(-c2[c-]cc(F)cc2)nc2ccccc21.[2H]C([2H])([2H])c1cnc(-c2[c-]cccc2)cc1-c1ccc(-c2cc3ccc2CCc2ccc(cc2)CC3)cc1C([2H])([2H])[2H].[Ir]. The van der Waals surface area contributed by atoms with Crippen LogP contribution in [0.5, 0.6) is 0 Å². The number of rotatable bonds is 5. The standard InChI is InChI=1S/C35H30N.C21H16FN2.Ir/c1-24-20-31(18-19-32(24)33-22-35(36-23-25(33)2)30-6-4-3-5-7-30)34-21-28-13-12-26-8-10-27(11-9-26)14-16-29(34)17-15-28;1-14-6-5-7-15(2)20(14)24-19-9-4-3-8-18(19)23-21(24)16-10-12-17(22)13-11-16;/h3-6,8-11,15,17-23H,12-14,16H2,1-2H3;3-10,12-13H,1-2H3;/q2*-1;/i1D3,2D3;;. The van der Waals surface area contributed by atoms with Gasteiger partial charge in [-0.1, -0.05) is 97.1 Å². The first kappa shape index (κ1) is 34.5. The molecule has 4 bridgehead atoms. The molecule has 61 heavy (non-hydrogen) atoms. The summed E-state index contributed by atoms with van der Waals surface area (Å²) in [6.07, 6.45) is 4.86. The first-order valence-electron chi connectivity index (χ1n) is 23.3.